The van der Waals surface area contributed by atoms with E-state index in [1.54, 1.807) is 11.4 Å². The summed E-state index contributed by atoms with van der Waals surface area (Å²) in [6.45, 7) is 0.680. The van der Waals surface area contributed by atoms with Crippen LogP contribution in [0.1, 0.15) is 63.2 Å². The van der Waals surface area contributed by atoms with Crippen LogP contribution in [0.15, 0.2) is 20.2 Å². The van der Waals surface area contributed by atoms with Gasteiger partial charge in [-0.25, -0.2) is 8.42 Å². The van der Waals surface area contributed by atoms with Crippen molar-refractivity contribution in [2.75, 3.05) is 13.1 Å². The zero-order valence-corrected chi connectivity index (χ0v) is 18.4. The summed E-state index contributed by atoms with van der Waals surface area (Å²) >= 11 is 1.16. The number of sulfonamides is 1. The summed E-state index contributed by atoms with van der Waals surface area (Å²) in [6.07, 6.45) is 7.96. The minimum Gasteiger partial charge on any atom is -0.353 e. The first-order chi connectivity index (χ1) is 14.5. The molecular weight excluding hydrogens is 424 g/mol. The summed E-state index contributed by atoms with van der Waals surface area (Å²) < 4.78 is 33.5. The smallest absolute Gasteiger partial charge is 0.252 e. The Bertz CT molecular complexity index is 1020. The van der Waals surface area contributed by atoms with Gasteiger partial charge in [0.05, 0.1) is 5.92 Å². The van der Waals surface area contributed by atoms with Crippen molar-refractivity contribution < 1.29 is 17.7 Å². The average molecular weight is 451 g/mol. The van der Waals surface area contributed by atoms with Gasteiger partial charge in [0, 0.05) is 36.0 Å². The molecule has 10 heteroatoms. The summed E-state index contributed by atoms with van der Waals surface area (Å²) in [5.74, 6) is 1.11. The molecule has 2 saturated carbocycles. The topological polar surface area (TPSA) is 105 Å². The van der Waals surface area contributed by atoms with Crippen LogP contribution in [0.25, 0.3) is 11.4 Å². The van der Waals surface area contributed by atoms with Gasteiger partial charge in [-0.3, -0.25) is 4.79 Å². The number of nitrogens with one attached hydrogen (secondary N) is 1. The van der Waals surface area contributed by atoms with E-state index >= 15 is 0 Å². The Balaban J connectivity index is 1.30. The van der Waals surface area contributed by atoms with Crippen LogP contribution in [-0.4, -0.2) is 47.9 Å². The molecule has 3 heterocycles. The maximum absolute atomic E-state index is 13.2. The Morgan fingerprint density at radius 2 is 1.97 bits per heavy atom. The van der Waals surface area contributed by atoms with E-state index in [1.807, 2.05) is 0 Å². The molecule has 2 aromatic rings. The Morgan fingerprint density at radius 3 is 2.73 bits per heavy atom. The van der Waals surface area contributed by atoms with Crippen LogP contribution in [0.3, 0.4) is 0 Å². The Morgan fingerprint density at radius 1 is 1.17 bits per heavy atom. The first-order valence-corrected chi connectivity index (χ1v) is 13.1. The quantitative estimate of drug-likeness (QED) is 0.725. The first-order valence-electron chi connectivity index (χ1n) is 10.7. The summed E-state index contributed by atoms with van der Waals surface area (Å²) in [7, 11) is -3.65. The third-order valence-electron chi connectivity index (χ3n) is 6.25. The van der Waals surface area contributed by atoms with Gasteiger partial charge >= 0.3 is 0 Å². The molecule has 0 unspecified atom stereocenters. The van der Waals surface area contributed by atoms with E-state index in [0.717, 1.165) is 43.4 Å². The van der Waals surface area contributed by atoms with Gasteiger partial charge < -0.3 is 9.84 Å². The lowest BCUT2D eigenvalue weighted by Gasteiger charge is -2.30. The van der Waals surface area contributed by atoms with E-state index in [9.17, 15) is 13.2 Å². The SMILES string of the molecule is O=C(NC1CC1)[C@@H]1CCCN(S(=O)(=O)c2cc(-c3noc(C4CCCC4)n3)cs2)C1. The third-order valence-corrected chi connectivity index (χ3v) is 9.53. The molecule has 2 aliphatic carbocycles. The van der Waals surface area contributed by atoms with Crippen molar-refractivity contribution in [1.82, 2.24) is 19.8 Å². The van der Waals surface area contributed by atoms with E-state index < -0.39 is 10.0 Å². The number of aromatic nitrogens is 2. The Hall–Kier alpha value is -1.78. The molecule has 1 amide bonds. The minimum atomic E-state index is -3.65. The maximum atomic E-state index is 13.2. The third kappa shape index (κ3) is 4.04. The van der Waals surface area contributed by atoms with Crippen molar-refractivity contribution >= 4 is 27.3 Å². The molecule has 0 bridgehead atoms. The number of carbonyl (C=O) groups excluding carboxylic acids is 1. The van der Waals surface area contributed by atoms with Gasteiger partial charge in [0.25, 0.3) is 10.0 Å². The molecule has 1 saturated heterocycles. The molecule has 0 spiro atoms. The highest BCUT2D eigenvalue weighted by molar-refractivity contribution is 7.91. The van der Waals surface area contributed by atoms with E-state index in [0.29, 0.717) is 36.2 Å². The highest BCUT2D eigenvalue weighted by Crippen LogP contribution is 2.35. The minimum absolute atomic E-state index is 0.0180. The number of rotatable bonds is 6. The number of hydrogen-bond donors (Lipinski definition) is 1. The number of thiophene rings is 1. The number of carbonyl (C=O) groups is 1. The predicted octanol–water partition coefficient (Wildman–Crippen LogP) is 3.14. The summed E-state index contributed by atoms with van der Waals surface area (Å²) in [5.41, 5.74) is 0.659. The normalized spacial score (nSPS) is 23.7. The molecule has 8 nitrogen and oxygen atoms in total. The van der Waals surface area contributed by atoms with Gasteiger partial charge in [-0.1, -0.05) is 18.0 Å². The second-order valence-corrected chi connectivity index (χ2v) is 11.7. The maximum Gasteiger partial charge on any atom is 0.252 e. The molecule has 5 rings (SSSR count). The van der Waals surface area contributed by atoms with Crippen LogP contribution < -0.4 is 5.32 Å². The lowest BCUT2D eigenvalue weighted by molar-refractivity contribution is -0.126. The molecule has 1 N–H and O–H groups in total. The second kappa shape index (κ2) is 8.05. The van der Waals surface area contributed by atoms with Crippen LogP contribution in [0, 0.1) is 5.92 Å². The van der Waals surface area contributed by atoms with Crippen molar-refractivity contribution in [3.05, 3.63) is 17.3 Å². The lowest BCUT2D eigenvalue weighted by Crippen LogP contribution is -2.45. The average Bonchev–Trinajstić information content (AvgIpc) is 3.20. The van der Waals surface area contributed by atoms with Crippen LogP contribution >= 0.6 is 11.3 Å². The standard InChI is InChI=1S/C20H26N4O4S2/c25-19(21-16-7-8-16)14-6-3-9-24(11-14)30(26,27)17-10-15(12-29-17)18-22-20(28-23-18)13-4-1-2-5-13/h10,12-14,16H,1-9,11H2,(H,21,25)/t14-/m1/s1. The van der Waals surface area contributed by atoms with E-state index in [2.05, 4.69) is 15.5 Å². The van der Waals surface area contributed by atoms with E-state index in [4.69, 9.17) is 4.52 Å². The summed E-state index contributed by atoms with van der Waals surface area (Å²) in [4.78, 5) is 16.9. The van der Waals surface area contributed by atoms with Crippen LogP contribution in [0.4, 0.5) is 0 Å². The molecule has 1 atom stereocenters. The Labute approximate surface area is 180 Å². The monoisotopic (exact) mass is 450 g/mol. The molecule has 1 aliphatic heterocycles. The number of amides is 1. The number of hydrogen-bond acceptors (Lipinski definition) is 7. The van der Waals surface area contributed by atoms with Crippen LogP contribution in [0.5, 0.6) is 0 Å². The zero-order valence-electron chi connectivity index (χ0n) is 16.7. The molecule has 0 aromatic carbocycles. The van der Waals surface area contributed by atoms with Gasteiger partial charge in [0.2, 0.25) is 17.6 Å². The highest BCUT2D eigenvalue weighted by atomic mass is 32.2. The largest absolute Gasteiger partial charge is 0.353 e. The van der Waals surface area contributed by atoms with Crippen LogP contribution in [-0.2, 0) is 14.8 Å². The number of nitrogens with zero attached hydrogens (tertiary/aromatic N) is 3. The molecule has 0 radical (unpaired) electrons. The van der Waals surface area contributed by atoms with Gasteiger partial charge in [0.15, 0.2) is 0 Å². The molecule has 2 aromatic heterocycles. The van der Waals surface area contributed by atoms with Crippen molar-refractivity contribution in [1.29, 1.82) is 0 Å². The van der Waals surface area contributed by atoms with E-state index in [1.165, 1.54) is 17.1 Å². The fourth-order valence-corrected chi connectivity index (χ4v) is 7.14. The van der Waals surface area contributed by atoms with Crippen molar-refractivity contribution in [2.45, 2.75) is 67.5 Å². The molecule has 3 fully saturated rings. The van der Waals surface area contributed by atoms with Crippen molar-refractivity contribution in [2.24, 2.45) is 5.92 Å². The fourth-order valence-electron chi connectivity index (χ4n) is 4.31. The van der Waals surface area contributed by atoms with Gasteiger partial charge in [-0.05, 0) is 44.6 Å². The molecular formula is C20H26N4O4S2. The van der Waals surface area contributed by atoms with Gasteiger partial charge in [0.1, 0.15) is 4.21 Å². The summed E-state index contributed by atoms with van der Waals surface area (Å²) in [6, 6.07) is 1.91. The molecule has 30 heavy (non-hydrogen) atoms. The van der Waals surface area contributed by atoms with Gasteiger partial charge in [-0.2, -0.15) is 9.29 Å². The van der Waals surface area contributed by atoms with E-state index in [-0.39, 0.29) is 28.6 Å². The Kier molecular flexibility index (Phi) is 5.40. The lowest BCUT2D eigenvalue weighted by atomic mass is 9.99. The molecule has 162 valence electrons. The fraction of sp³-hybridized carbons (Fsp3) is 0.650. The zero-order chi connectivity index (χ0) is 20.7. The first kappa shape index (κ1) is 20.1. The second-order valence-electron chi connectivity index (χ2n) is 8.58. The number of piperidine rings is 1. The summed E-state index contributed by atoms with van der Waals surface area (Å²) in [5, 5.41) is 8.83. The highest BCUT2D eigenvalue weighted by Gasteiger charge is 2.36. The van der Waals surface area contributed by atoms with Crippen LogP contribution in [0.2, 0.25) is 0 Å². The van der Waals surface area contributed by atoms with Crippen molar-refractivity contribution in [3.63, 3.8) is 0 Å². The predicted molar refractivity (Wildman–Crippen MR) is 111 cm³/mol. The van der Waals surface area contributed by atoms with Crippen molar-refractivity contribution in [3.8, 4) is 11.4 Å². The molecule has 3 aliphatic rings. The van der Waals surface area contributed by atoms with Gasteiger partial charge in [-0.15, -0.1) is 11.3 Å².